The number of rotatable bonds is 4. The summed E-state index contributed by atoms with van der Waals surface area (Å²) in [4.78, 5) is 12.6. The molecular weight excluding hydrogens is 296 g/mol. The molecule has 2 aliphatic carbocycles. The molecule has 1 amide bonds. The number of carbonyl (C=O) groups is 1. The average molecular weight is 329 g/mol. The van der Waals surface area contributed by atoms with Crippen LogP contribution in [0.3, 0.4) is 0 Å². The maximum Gasteiger partial charge on any atom is 0.223 e. The minimum atomic E-state index is 0.181. The molecule has 1 aromatic rings. The highest BCUT2D eigenvalue weighted by atomic mass is 16.1. The third kappa shape index (κ3) is 3.66. The Morgan fingerprint density at radius 3 is 2.29 bits per heavy atom. The zero-order valence-electron chi connectivity index (χ0n) is 15.4. The van der Waals surface area contributed by atoms with Crippen LogP contribution in [0.1, 0.15) is 54.4 Å². The van der Waals surface area contributed by atoms with Gasteiger partial charge in [-0.05, 0) is 81.4 Å². The molecule has 2 unspecified atom stereocenters. The summed E-state index contributed by atoms with van der Waals surface area (Å²) in [6.07, 6.45) is 6.62. The summed E-state index contributed by atoms with van der Waals surface area (Å²) in [7, 11) is 0. The number of nitrogens with two attached hydrogens (primary N) is 1. The summed E-state index contributed by atoms with van der Waals surface area (Å²) in [5, 5.41) is 3.19. The third-order valence-corrected chi connectivity index (χ3v) is 6.30. The SMILES string of the molecule is Cc1cc(C)c(CCNC(=O)C2CC3CCCC(C2)C3N)c(C)c1. The molecule has 2 saturated carbocycles. The van der Waals surface area contributed by atoms with Gasteiger partial charge in [-0.3, -0.25) is 4.79 Å². The molecule has 2 fully saturated rings. The van der Waals surface area contributed by atoms with E-state index < -0.39 is 0 Å². The van der Waals surface area contributed by atoms with Crippen molar-refractivity contribution in [3.63, 3.8) is 0 Å². The van der Waals surface area contributed by atoms with Crippen LogP contribution in [-0.4, -0.2) is 18.5 Å². The molecule has 24 heavy (non-hydrogen) atoms. The van der Waals surface area contributed by atoms with Crippen LogP contribution in [0.15, 0.2) is 12.1 Å². The fourth-order valence-corrected chi connectivity index (χ4v) is 5.06. The minimum absolute atomic E-state index is 0.181. The first-order chi connectivity index (χ1) is 11.5. The van der Waals surface area contributed by atoms with E-state index in [2.05, 4.69) is 38.2 Å². The second kappa shape index (κ2) is 7.26. The fraction of sp³-hybridized carbons (Fsp3) is 0.667. The highest BCUT2D eigenvalue weighted by Crippen LogP contribution is 2.41. The Morgan fingerprint density at radius 2 is 1.71 bits per heavy atom. The Labute approximate surface area is 146 Å². The molecule has 0 heterocycles. The molecule has 0 aromatic heterocycles. The maximum atomic E-state index is 12.6. The smallest absolute Gasteiger partial charge is 0.223 e. The summed E-state index contributed by atoms with van der Waals surface area (Å²) in [6, 6.07) is 4.79. The maximum absolute atomic E-state index is 12.6. The summed E-state index contributed by atoms with van der Waals surface area (Å²) < 4.78 is 0. The van der Waals surface area contributed by atoms with Gasteiger partial charge in [0.25, 0.3) is 0 Å². The molecular formula is C21H32N2O. The minimum Gasteiger partial charge on any atom is -0.356 e. The predicted molar refractivity (Wildman–Crippen MR) is 98.9 cm³/mol. The van der Waals surface area contributed by atoms with Crippen LogP contribution in [0.4, 0.5) is 0 Å². The van der Waals surface area contributed by atoms with E-state index in [-0.39, 0.29) is 11.8 Å². The van der Waals surface area contributed by atoms with Gasteiger partial charge in [-0.25, -0.2) is 0 Å². The van der Waals surface area contributed by atoms with Crippen LogP contribution >= 0.6 is 0 Å². The fourth-order valence-electron chi connectivity index (χ4n) is 5.06. The molecule has 3 rings (SSSR count). The number of amides is 1. The second-order valence-corrected chi connectivity index (χ2v) is 8.12. The molecule has 0 spiro atoms. The first-order valence-electron chi connectivity index (χ1n) is 9.55. The second-order valence-electron chi connectivity index (χ2n) is 8.12. The van der Waals surface area contributed by atoms with Crippen molar-refractivity contribution in [2.45, 2.75) is 65.3 Å². The van der Waals surface area contributed by atoms with Crippen LogP contribution in [0.25, 0.3) is 0 Å². The van der Waals surface area contributed by atoms with Gasteiger partial charge in [0.2, 0.25) is 5.91 Å². The molecule has 3 nitrogen and oxygen atoms in total. The molecule has 3 N–H and O–H groups in total. The van der Waals surface area contributed by atoms with E-state index in [0.29, 0.717) is 17.9 Å². The number of nitrogens with one attached hydrogen (secondary N) is 1. The molecule has 2 aliphatic rings. The van der Waals surface area contributed by atoms with E-state index in [9.17, 15) is 4.79 Å². The van der Waals surface area contributed by atoms with E-state index in [1.165, 1.54) is 41.5 Å². The lowest BCUT2D eigenvalue weighted by atomic mass is 9.65. The van der Waals surface area contributed by atoms with Gasteiger partial charge in [0, 0.05) is 18.5 Å². The zero-order chi connectivity index (χ0) is 17.3. The standard InChI is InChI=1S/C21H32N2O/c1-13-9-14(2)19(15(3)10-13)7-8-23-21(24)18-11-16-5-4-6-17(12-18)20(16)22/h9-10,16-18,20H,4-8,11-12,22H2,1-3H3,(H,23,24). The molecule has 1 aromatic carbocycles. The Balaban J connectivity index is 1.53. The largest absolute Gasteiger partial charge is 0.356 e. The number of aryl methyl sites for hydroxylation is 3. The Kier molecular flexibility index (Phi) is 5.29. The number of fused-ring (bicyclic) bond motifs is 2. The monoisotopic (exact) mass is 328 g/mol. The summed E-state index contributed by atoms with van der Waals surface area (Å²) in [5.41, 5.74) is 11.7. The van der Waals surface area contributed by atoms with Crippen molar-refractivity contribution in [3.8, 4) is 0 Å². The summed E-state index contributed by atoms with van der Waals surface area (Å²) in [6.45, 7) is 7.21. The Bertz CT molecular complexity index is 573. The van der Waals surface area contributed by atoms with Crippen LogP contribution < -0.4 is 11.1 Å². The van der Waals surface area contributed by atoms with Crippen LogP contribution in [0.5, 0.6) is 0 Å². The van der Waals surface area contributed by atoms with Crippen molar-refractivity contribution in [1.29, 1.82) is 0 Å². The normalized spacial score (nSPS) is 29.3. The molecule has 132 valence electrons. The van der Waals surface area contributed by atoms with Gasteiger partial charge < -0.3 is 11.1 Å². The van der Waals surface area contributed by atoms with Crippen molar-refractivity contribution < 1.29 is 4.79 Å². The average Bonchev–Trinajstić information content (AvgIpc) is 2.49. The summed E-state index contributed by atoms with van der Waals surface area (Å²) >= 11 is 0. The van der Waals surface area contributed by atoms with Gasteiger partial charge in [0.1, 0.15) is 0 Å². The first kappa shape index (κ1) is 17.5. The number of carbonyl (C=O) groups excluding carboxylic acids is 1. The first-order valence-corrected chi connectivity index (χ1v) is 9.55. The zero-order valence-corrected chi connectivity index (χ0v) is 15.4. The molecule has 0 saturated heterocycles. The number of hydrogen-bond acceptors (Lipinski definition) is 2. The quantitative estimate of drug-likeness (QED) is 0.890. The highest BCUT2D eigenvalue weighted by molar-refractivity contribution is 5.78. The lowest BCUT2D eigenvalue weighted by molar-refractivity contribution is -0.127. The lowest BCUT2D eigenvalue weighted by Gasteiger charge is -2.43. The molecule has 2 bridgehead atoms. The molecule has 0 radical (unpaired) electrons. The van der Waals surface area contributed by atoms with Gasteiger partial charge in [-0.1, -0.05) is 24.1 Å². The van der Waals surface area contributed by atoms with Gasteiger partial charge in [0.15, 0.2) is 0 Å². The molecule has 3 heteroatoms. The number of benzene rings is 1. The van der Waals surface area contributed by atoms with Crippen LogP contribution in [0.2, 0.25) is 0 Å². The van der Waals surface area contributed by atoms with Crippen molar-refractivity contribution in [2.24, 2.45) is 23.5 Å². The lowest BCUT2D eigenvalue weighted by Crippen LogP contribution is -2.49. The predicted octanol–water partition coefficient (Wildman–Crippen LogP) is 3.42. The van der Waals surface area contributed by atoms with E-state index in [0.717, 1.165) is 25.8 Å². The number of hydrogen-bond donors (Lipinski definition) is 2. The topological polar surface area (TPSA) is 55.1 Å². The van der Waals surface area contributed by atoms with Crippen molar-refractivity contribution in [2.75, 3.05) is 6.54 Å². The highest BCUT2D eigenvalue weighted by Gasteiger charge is 2.40. The van der Waals surface area contributed by atoms with Gasteiger partial charge in [-0.2, -0.15) is 0 Å². The van der Waals surface area contributed by atoms with E-state index in [1.54, 1.807) is 0 Å². The van der Waals surface area contributed by atoms with Crippen LogP contribution in [0, 0.1) is 38.5 Å². The Morgan fingerprint density at radius 1 is 1.12 bits per heavy atom. The summed E-state index contributed by atoms with van der Waals surface area (Å²) in [5.74, 6) is 1.56. The van der Waals surface area contributed by atoms with Crippen molar-refractivity contribution in [3.05, 3.63) is 34.4 Å². The van der Waals surface area contributed by atoms with Crippen molar-refractivity contribution >= 4 is 5.91 Å². The van der Waals surface area contributed by atoms with Gasteiger partial charge >= 0.3 is 0 Å². The van der Waals surface area contributed by atoms with E-state index in [4.69, 9.17) is 5.73 Å². The van der Waals surface area contributed by atoms with E-state index in [1.807, 2.05) is 0 Å². The molecule has 0 aliphatic heterocycles. The van der Waals surface area contributed by atoms with Gasteiger partial charge in [0.05, 0.1) is 0 Å². The molecule has 2 atom stereocenters. The van der Waals surface area contributed by atoms with E-state index >= 15 is 0 Å². The third-order valence-electron chi connectivity index (χ3n) is 6.30. The Hall–Kier alpha value is -1.35. The van der Waals surface area contributed by atoms with Gasteiger partial charge in [-0.15, -0.1) is 0 Å². The van der Waals surface area contributed by atoms with Crippen molar-refractivity contribution in [1.82, 2.24) is 5.32 Å². The van der Waals surface area contributed by atoms with Crippen LogP contribution in [-0.2, 0) is 11.2 Å².